The van der Waals surface area contributed by atoms with Gasteiger partial charge in [0.1, 0.15) is 21.9 Å². The molecule has 1 amide bonds. The first-order chi connectivity index (χ1) is 15.9. The van der Waals surface area contributed by atoms with Crippen LogP contribution >= 0.6 is 11.6 Å². The van der Waals surface area contributed by atoms with Crippen LogP contribution in [-0.4, -0.2) is 45.8 Å². The number of nitrogens with zero attached hydrogens (tertiary/aromatic N) is 3. The van der Waals surface area contributed by atoms with E-state index < -0.39 is 41.7 Å². The van der Waals surface area contributed by atoms with E-state index in [-0.39, 0.29) is 10.7 Å². The van der Waals surface area contributed by atoms with Crippen LogP contribution in [0, 0.1) is 5.92 Å². The zero-order valence-electron chi connectivity index (χ0n) is 17.4. The van der Waals surface area contributed by atoms with Gasteiger partial charge in [0.2, 0.25) is 26.0 Å². The summed E-state index contributed by atoms with van der Waals surface area (Å²) in [5.41, 5.74) is 1.42. The van der Waals surface area contributed by atoms with Crippen LogP contribution in [-0.2, 0) is 24.8 Å². The van der Waals surface area contributed by atoms with E-state index in [0.717, 1.165) is 23.4 Å². The Morgan fingerprint density at radius 3 is 2.24 bits per heavy atom. The summed E-state index contributed by atoms with van der Waals surface area (Å²) in [6.07, 6.45) is 1.44. The highest BCUT2D eigenvalue weighted by atomic mass is 35.5. The molecule has 3 aromatic rings. The third kappa shape index (κ3) is 5.03. The molecule has 2 heterocycles. The highest BCUT2D eigenvalue weighted by molar-refractivity contribution is 7.90. The van der Waals surface area contributed by atoms with Crippen LogP contribution in [0.4, 0.5) is 11.5 Å². The van der Waals surface area contributed by atoms with Crippen molar-refractivity contribution in [3.63, 3.8) is 0 Å². The summed E-state index contributed by atoms with van der Waals surface area (Å²) < 4.78 is 47.3. The molecule has 0 radical (unpaired) electrons. The number of benzene rings is 2. The summed E-state index contributed by atoms with van der Waals surface area (Å²) in [7, 11) is -8.71. The second kappa shape index (κ2) is 8.92. The maximum absolute atomic E-state index is 12.7. The molecule has 14 heteroatoms. The lowest BCUT2D eigenvalue weighted by atomic mass is 9.99. The first-order valence-electron chi connectivity index (χ1n) is 9.76. The molecule has 1 aliphatic heterocycles. The molecule has 0 unspecified atom stereocenters. The molecule has 1 aromatic heterocycles. The quantitative estimate of drug-likeness (QED) is 0.431. The average molecular weight is 523 g/mol. The van der Waals surface area contributed by atoms with Gasteiger partial charge in [-0.05, 0) is 12.1 Å². The van der Waals surface area contributed by atoms with Crippen molar-refractivity contribution in [1.29, 1.82) is 0 Å². The lowest BCUT2D eigenvalue weighted by Gasteiger charge is -2.39. The number of nitrogens with two attached hydrogens (primary N) is 2. The highest BCUT2D eigenvalue weighted by Gasteiger charge is 2.35. The van der Waals surface area contributed by atoms with Crippen molar-refractivity contribution in [1.82, 2.24) is 9.97 Å². The van der Waals surface area contributed by atoms with Crippen LogP contribution in [0.1, 0.15) is 0 Å². The van der Waals surface area contributed by atoms with Crippen molar-refractivity contribution in [3.05, 3.63) is 59.9 Å². The third-order valence-corrected chi connectivity index (χ3v) is 7.53. The van der Waals surface area contributed by atoms with Gasteiger partial charge in [0.15, 0.2) is 0 Å². The van der Waals surface area contributed by atoms with Crippen molar-refractivity contribution in [2.45, 2.75) is 9.79 Å². The largest absolute Gasteiger partial charge is 0.355 e. The van der Waals surface area contributed by atoms with Gasteiger partial charge in [0.05, 0.1) is 22.3 Å². The highest BCUT2D eigenvalue weighted by Crippen LogP contribution is 2.32. The fraction of sp³-hybridized carbons (Fsp3) is 0.150. The van der Waals surface area contributed by atoms with Gasteiger partial charge in [0, 0.05) is 24.7 Å². The monoisotopic (exact) mass is 522 g/mol. The number of amides is 1. The summed E-state index contributed by atoms with van der Waals surface area (Å²) in [5.74, 6) is -0.332. The number of sulfonamides is 2. The molecule has 11 nitrogen and oxygen atoms in total. The number of hydrogen-bond acceptors (Lipinski definition) is 8. The summed E-state index contributed by atoms with van der Waals surface area (Å²) in [5, 5.41) is 12.4. The Hall–Kier alpha value is -3.10. The van der Waals surface area contributed by atoms with Crippen LogP contribution in [0.5, 0.6) is 0 Å². The molecule has 178 valence electrons. The molecule has 0 saturated carbocycles. The Morgan fingerprint density at radius 2 is 1.62 bits per heavy atom. The molecule has 34 heavy (non-hydrogen) atoms. The van der Waals surface area contributed by atoms with Crippen molar-refractivity contribution in [2.24, 2.45) is 16.2 Å². The van der Waals surface area contributed by atoms with Crippen LogP contribution < -0.4 is 20.5 Å². The van der Waals surface area contributed by atoms with Crippen LogP contribution in [0.25, 0.3) is 11.3 Å². The molecule has 2 aromatic carbocycles. The molecule has 0 bridgehead atoms. The fourth-order valence-corrected chi connectivity index (χ4v) is 5.31. The van der Waals surface area contributed by atoms with Crippen molar-refractivity contribution in [3.8, 4) is 11.3 Å². The Bertz CT molecular complexity index is 1480. The maximum Gasteiger partial charge on any atom is 0.240 e. The van der Waals surface area contributed by atoms with E-state index >= 15 is 0 Å². The van der Waals surface area contributed by atoms with Gasteiger partial charge in [-0.25, -0.2) is 37.1 Å². The van der Waals surface area contributed by atoms with Crippen molar-refractivity contribution >= 4 is 49.1 Å². The van der Waals surface area contributed by atoms with Gasteiger partial charge in [-0.1, -0.05) is 41.9 Å². The zero-order valence-corrected chi connectivity index (χ0v) is 19.8. The van der Waals surface area contributed by atoms with Gasteiger partial charge in [-0.2, -0.15) is 0 Å². The SMILES string of the molecule is NS(=O)(=O)c1cc(S(N)(=O)=O)c(NC(=O)C2CN(c3cc(-c4ccccc4)ncn3)C2)cc1Cl. The normalized spacial score (nSPS) is 14.5. The molecule has 1 aliphatic rings. The summed E-state index contributed by atoms with van der Waals surface area (Å²) >= 11 is 5.95. The average Bonchev–Trinajstić information content (AvgIpc) is 2.72. The van der Waals surface area contributed by atoms with Gasteiger partial charge >= 0.3 is 0 Å². The predicted molar refractivity (Wildman–Crippen MR) is 126 cm³/mol. The van der Waals surface area contributed by atoms with Gasteiger partial charge in [-0.15, -0.1) is 0 Å². The number of halogens is 1. The second-order valence-corrected chi connectivity index (χ2v) is 11.1. The minimum atomic E-state index is -4.40. The molecule has 4 rings (SSSR count). The van der Waals surface area contributed by atoms with Crippen LogP contribution in [0.15, 0.2) is 64.6 Å². The topological polar surface area (TPSA) is 178 Å². The number of carbonyl (C=O) groups excluding carboxylic acids is 1. The van der Waals surface area contributed by atoms with E-state index in [1.165, 1.54) is 6.33 Å². The van der Waals surface area contributed by atoms with E-state index in [9.17, 15) is 21.6 Å². The molecule has 1 saturated heterocycles. The smallest absolute Gasteiger partial charge is 0.240 e. The minimum absolute atomic E-state index is 0.239. The standard InChI is InChI=1S/C20H19ClN6O5S2/c21-14-6-16(18(34(23,31)32)8-17(14)33(22,29)30)26-20(28)13-9-27(10-13)19-7-15(24-11-25-19)12-4-2-1-3-5-12/h1-8,11,13H,9-10H2,(H,26,28)(H2,22,29,30)(H2,23,31,32). The number of rotatable bonds is 6. The van der Waals surface area contributed by atoms with E-state index in [4.69, 9.17) is 21.9 Å². The zero-order chi connectivity index (χ0) is 24.7. The number of hydrogen-bond donors (Lipinski definition) is 3. The predicted octanol–water partition coefficient (Wildman–Crippen LogP) is 1.17. The van der Waals surface area contributed by atoms with Crippen LogP contribution in [0.2, 0.25) is 5.02 Å². The molecular weight excluding hydrogens is 504 g/mol. The molecular formula is C20H19ClN6O5S2. The molecule has 0 atom stereocenters. The Morgan fingerprint density at radius 1 is 0.971 bits per heavy atom. The Balaban J connectivity index is 1.50. The summed E-state index contributed by atoms with van der Waals surface area (Å²) in [6, 6.07) is 13.1. The number of aromatic nitrogens is 2. The maximum atomic E-state index is 12.7. The number of carbonyl (C=O) groups is 1. The van der Waals surface area contributed by atoms with E-state index in [0.29, 0.717) is 18.9 Å². The summed E-state index contributed by atoms with van der Waals surface area (Å²) in [4.78, 5) is 21.9. The van der Waals surface area contributed by atoms with E-state index in [1.54, 1.807) is 0 Å². The Labute approximate surface area is 200 Å². The fourth-order valence-electron chi connectivity index (χ4n) is 3.44. The molecule has 5 N–H and O–H groups in total. The van der Waals surface area contributed by atoms with Gasteiger partial charge in [-0.3, -0.25) is 4.79 Å². The Kier molecular flexibility index (Phi) is 6.31. The molecule has 0 spiro atoms. The first kappa shape index (κ1) is 24.0. The summed E-state index contributed by atoms with van der Waals surface area (Å²) in [6.45, 7) is 0.648. The number of anilines is 2. The van der Waals surface area contributed by atoms with Crippen molar-refractivity contribution in [2.75, 3.05) is 23.3 Å². The second-order valence-electron chi connectivity index (χ2n) is 7.59. The van der Waals surface area contributed by atoms with Crippen LogP contribution in [0.3, 0.4) is 0 Å². The third-order valence-electron chi connectivity index (χ3n) is 5.20. The minimum Gasteiger partial charge on any atom is -0.355 e. The van der Waals surface area contributed by atoms with Crippen molar-refractivity contribution < 1.29 is 21.6 Å². The van der Waals surface area contributed by atoms with Gasteiger partial charge in [0.25, 0.3) is 0 Å². The van der Waals surface area contributed by atoms with E-state index in [1.807, 2.05) is 41.3 Å². The molecule has 1 fully saturated rings. The van der Waals surface area contributed by atoms with E-state index in [2.05, 4.69) is 15.3 Å². The van der Waals surface area contributed by atoms with Gasteiger partial charge < -0.3 is 10.2 Å². The lowest BCUT2D eigenvalue weighted by Crippen LogP contribution is -2.52. The number of primary sulfonamides is 2. The number of nitrogens with one attached hydrogen (secondary N) is 1. The lowest BCUT2D eigenvalue weighted by molar-refractivity contribution is -0.120. The first-order valence-corrected chi connectivity index (χ1v) is 13.2. The molecule has 0 aliphatic carbocycles.